The summed E-state index contributed by atoms with van der Waals surface area (Å²) in [6.45, 7) is 3.29. The van der Waals surface area contributed by atoms with E-state index in [-0.39, 0.29) is 0 Å². The Balaban J connectivity index is 1.47. The number of rotatable bonds is 5. The summed E-state index contributed by atoms with van der Waals surface area (Å²) in [5.74, 6) is 2.48. The maximum Gasteiger partial charge on any atom is 0.140 e. The molecule has 0 aromatic carbocycles. The molecule has 146 valence electrons. The lowest BCUT2D eigenvalue weighted by Crippen LogP contribution is -2.41. The number of hydrogen-bond acceptors (Lipinski definition) is 5. The van der Waals surface area contributed by atoms with Crippen LogP contribution in [0.25, 0.3) is 17.0 Å². The first-order chi connectivity index (χ1) is 13.7. The van der Waals surface area contributed by atoms with Crippen LogP contribution in [0.3, 0.4) is 0 Å². The maximum absolute atomic E-state index is 5.60. The van der Waals surface area contributed by atoms with Gasteiger partial charge in [0, 0.05) is 29.9 Å². The molecule has 0 radical (unpaired) electrons. The molecule has 6 nitrogen and oxygen atoms in total. The van der Waals surface area contributed by atoms with E-state index >= 15 is 0 Å². The molecule has 0 spiro atoms. The van der Waals surface area contributed by atoms with Gasteiger partial charge in [-0.2, -0.15) is 0 Å². The van der Waals surface area contributed by atoms with Crippen LogP contribution in [0.4, 0.5) is 5.82 Å². The van der Waals surface area contributed by atoms with Crippen molar-refractivity contribution in [1.29, 1.82) is 0 Å². The van der Waals surface area contributed by atoms with Crippen LogP contribution >= 0.6 is 0 Å². The van der Waals surface area contributed by atoms with E-state index in [1.807, 2.05) is 12.3 Å². The van der Waals surface area contributed by atoms with Crippen molar-refractivity contribution < 1.29 is 4.74 Å². The Hall–Kier alpha value is -2.60. The summed E-state index contributed by atoms with van der Waals surface area (Å²) in [6, 6.07) is 9.23. The van der Waals surface area contributed by atoms with Gasteiger partial charge in [-0.3, -0.25) is 4.40 Å². The Labute approximate surface area is 165 Å². The number of fused-ring (bicyclic) bond motifs is 1. The number of aromatic nitrogens is 3. The van der Waals surface area contributed by atoms with E-state index < -0.39 is 0 Å². The van der Waals surface area contributed by atoms with Crippen LogP contribution in [-0.4, -0.2) is 40.1 Å². The van der Waals surface area contributed by atoms with E-state index in [2.05, 4.69) is 51.3 Å². The van der Waals surface area contributed by atoms with Crippen molar-refractivity contribution >= 4 is 11.5 Å². The van der Waals surface area contributed by atoms with E-state index in [0.717, 1.165) is 48.0 Å². The summed E-state index contributed by atoms with van der Waals surface area (Å²) in [4.78, 5) is 9.49. The SMILES string of the molecule is COc1cc2ncc(-c3cccc(NC4CCNC(C)C4)n3)n2cc1C1CC1. The fourth-order valence-corrected chi connectivity index (χ4v) is 4.22. The molecule has 1 saturated carbocycles. The van der Waals surface area contributed by atoms with Gasteiger partial charge in [0.2, 0.25) is 0 Å². The van der Waals surface area contributed by atoms with Gasteiger partial charge in [-0.25, -0.2) is 9.97 Å². The molecule has 2 fully saturated rings. The zero-order valence-electron chi connectivity index (χ0n) is 16.5. The Morgan fingerprint density at radius 1 is 1.25 bits per heavy atom. The molecule has 2 atom stereocenters. The van der Waals surface area contributed by atoms with Crippen molar-refractivity contribution in [3.8, 4) is 17.1 Å². The summed E-state index contributed by atoms with van der Waals surface area (Å²) in [5.41, 5.74) is 4.11. The second-order valence-corrected chi connectivity index (χ2v) is 8.07. The van der Waals surface area contributed by atoms with Gasteiger partial charge in [0.25, 0.3) is 0 Å². The Bertz CT molecular complexity index is 994. The molecule has 1 aliphatic heterocycles. The number of imidazole rings is 1. The minimum Gasteiger partial charge on any atom is -0.496 e. The third-order valence-corrected chi connectivity index (χ3v) is 5.86. The summed E-state index contributed by atoms with van der Waals surface area (Å²) in [6.07, 6.45) is 8.80. The normalized spacial score (nSPS) is 22.4. The average molecular weight is 377 g/mol. The standard InChI is InChI=1S/C22H27N5O/c1-14-10-16(8-9-23-14)25-21-5-3-4-18(26-21)19-12-24-22-11-20(28-2)17(13-27(19)22)15-6-7-15/h3-5,11-16,23H,6-10H2,1-2H3,(H,25,26). The molecule has 4 heterocycles. The monoisotopic (exact) mass is 377 g/mol. The second kappa shape index (κ2) is 7.09. The fraction of sp³-hybridized carbons (Fsp3) is 0.455. The Morgan fingerprint density at radius 3 is 2.93 bits per heavy atom. The number of piperidine rings is 1. The number of nitrogens with zero attached hydrogens (tertiary/aromatic N) is 3. The number of methoxy groups -OCH3 is 1. The lowest BCUT2D eigenvalue weighted by atomic mass is 10.0. The smallest absolute Gasteiger partial charge is 0.140 e. The summed E-state index contributed by atoms with van der Waals surface area (Å²) in [7, 11) is 1.74. The number of anilines is 1. The molecule has 2 N–H and O–H groups in total. The van der Waals surface area contributed by atoms with Gasteiger partial charge in [-0.05, 0) is 57.2 Å². The van der Waals surface area contributed by atoms with Crippen molar-refractivity contribution in [2.75, 3.05) is 19.0 Å². The zero-order valence-corrected chi connectivity index (χ0v) is 16.5. The van der Waals surface area contributed by atoms with E-state index in [9.17, 15) is 0 Å². The number of nitrogens with one attached hydrogen (secondary N) is 2. The molecule has 1 saturated heterocycles. The van der Waals surface area contributed by atoms with Gasteiger partial charge in [-0.1, -0.05) is 6.07 Å². The number of pyridine rings is 2. The van der Waals surface area contributed by atoms with E-state index in [1.165, 1.54) is 18.4 Å². The minimum atomic E-state index is 0.465. The van der Waals surface area contributed by atoms with Crippen molar-refractivity contribution in [3.05, 3.63) is 42.2 Å². The van der Waals surface area contributed by atoms with Crippen LogP contribution in [-0.2, 0) is 0 Å². The molecule has 2 aliphatic rings. The van der Waals surface area contributed by atoms with Crippen molar-refractivity contribution in [2.45, 2.75) is 50.6 Å². The van der Waals surface area contributed by atoms with Crippen molar-refractivity contribution in [3.63, 3.8) is 0 Å². The van der Waals surface area contributed by atoms with Gasteiger partial charge in [-0.15, -0.1) is 0 Å². The minimum absolute atomic E-state index is 0.465. The van der Waals surface area contributed by atoms with E-state index in [4.69, 9.17) is 9.72 Å². The highest BCUT2D eigenvalue weighted by Gasteiger charge is 2.28. The van der Waals surface area contributed by atoms with E-state index in [0.29, 0.717) is 18.0 Å². The van der Waals surface area contributed by atoms with Crippen LogP contribution in [0.5, 0.6) is 5.75 Å². The highest BCUT2D eigenvalue weighted by atomic mass is 16.5. The van der Waals surface area contributed by atoms with Crippen LogP contribution < -0.4 is 15.4 Å². The summed E-state index contributed by atoms with van der Waals surface area (Å²) < 4.78 is 7.75. The Morgan fingerprint density at radius 2 is 2.14 bits per heavy atom. The highest BCUT2D eigenvalue weighted by Crippen LogP contribution is 2.44. The zero-order chi connectivity index (χ0) is 19.1. The topological polar surface area (TPSA) is 63.5 Å². The van der Waals surface area contributed by atoms with Gasteiger partial charge in [0.1, 0.15) is 17.2 Å². The van der Waals surface area contributed by atoms with Crippen molar-refractivity contribution in [2.24, 2.45) is 0 Å². The first kappa shape index (κ1) is 17.5. The first-order valence-corrected chi connectivity index (χ1v) is 10.2. The third-order valence-electron chi connectivity index (χ3n) is 5.86. The van der Waals surface area contributed by atoms with E-state index in [1.54, 1.807) is 7.11 Å². The number of ether oxygens (including phenoxy) is 1. The molecular formula is C22H27N5O. The molecule has 5 rings (SSSR count). The van der Waals surface area contributed by atoms with Crippen LogP contribution in [0.1, 0.15) is 44.1 Å². The maximum atomic E-state index is 5.60. The summed E-state index contributed by atoms with van der Waals surface area (Å²) >= 11 is 0. The second-order valence-electron chi connectivity index (χ2n) is 8.07. The quantitative estimate of drug-likeness (QED) is 0.707. The molecule has 2 unspecified atom stereocenters. The average Bonchev–Trinajstić information content (AvgIpc) is 3.47. The number of hydrogen-bond donors (Lipinski definition) is 2. The Kier molecular flexibility index (Phi) is 4.43. The van der Waals surface area contributed by atoms with Gasteiger partial charge < -0.3 is 15.4 Å². The lowest BCUT2D eigenvalue weighted by molar-refractivity contribution is 0.396. The van der Waals surface area contributed by atoms with Crippen LogP contribution in [0.2, 0.25) is 0 Å². The molecule has 3 aromatic rings. The lowest BCUT2D eigenvalue weighted by Gasteiger charge is -2.29. The molecule has 3 aromatic heterocycles. The van der Waals surface area contributed by atoms with Crippen molar-refractivity contribution in [1.82, 2.24) is 19.7 Å². The summed E-state index contributed by atoms with van der Waals surface area (Å²) in [5, 5.41) is 7.12. The predicted molar refractivity (Wildman–Crippen MR) is 111 cm³/mol. The van der Waals surface area contributed by atoms with Crippen LogP contribution in [0.15, 0.2) is 36.7 Å². The third kappa shape index (κ3) is 3.33. The predicted octanol–water partition coefficient (Wildman–Crippen LogP) is 3.83. The molecule has 6 heteroatoms. The first-order valence-electron chi connectivity index (χ1n) is 10.2. The molecule has 0 bridgehead atoms. The molecular weight excluding hydrogens is 350 g/mol. The molecule has 28 heavy (non-hydrogen) atoms. The molecule has 0 amide bonds. The highest BCUT2D eigenvalue weighted by molar-refractivity contribution is 5.64. The van der Waals surface area contributed by atoms with Gasteiger partial charge in [0.15, 0.2) is 0 Å². The fourth-order valence-electron chi connectivity index (χ4n) is 4.22. The largest absolute Gasteiger partial charge is 0.496 e. The molecule has 1 aliphatic carbocycles. The van der Waals surface area contributed by atoms with Gasteiger partial charge >= 0.3 is 0 Å². The van der Waals surface area contributed by atoms with Gasteiger partial charge in [0.05, 0.1) is 24.7 Å². The van der Waals surface area contributed by atoms with Crippen LogP contribution in [0, 0.1) is 0 Å².